The predicted molar refractivity (Wildman–Crippen MR) is 103 cm³/mol. The van der Waals surface area contributed by atoms with E-state index in [9.17, 15) is 4.79 Å². The van der Waals surface area contributed by atoms with Crippen molar-refractivity contribution in [3.63, 3.8) is 0 Å². The molecule has 0 fully saturated rings. The average Bonchev–Trinajstić information content (AvgIpc) is 2.93. The van der Waals surface area contributed by atoms with Gasteiger partial charge in [-0.25, -0.2) is 9.78 Å². The van der Waals surface area contributed by atoms with Crippen molar-refractivity contribution in [2.75, 3.05) is 16.4 Å². The SMILES string of the molecule is Nc1ncc(-c2cccc(NC(=O)Nc3cc(Br)cc(Br)c3)c2)[nH]1. The number of urea groups is 1. The van der Waals surface area contributed by atoms with E-state index in [0.717, 1.165) is 20.2 Å². The van der Waals surface area contributed by atoms with Crippen LogP contribution in [0, 0.1) is 0 Å². The Morgan fingerprint density at radius 3 is 2.42 bits per heavy atom. The molecule has 0 saturated carbocycles. The number of H-pyrrole nitrogens is 1. The summed E-state index contributed by atoms with van der Waals surface area (Å²) < 4.78 is 1.73. The maximum atomic E-state index is 12.2. The highest BCUT2D eigenvalue weighted by Crippen LogP contribution is 2.24. The zero-order valence-electron chi connectivity index (χ0n) is 12.3. The maximum Gasteiger partial charge on any atom is 0.323 e. The zero-order valence-corrected chi connectivity index (χ0v) is 15.5. The molecule has 0 saturated heterocycles. The van der Waals surface area contributed by atoms with Gasteiger partial charge in [-0.1, -0.05) is 44.0 Å². The van der Waals surface area contributed by atoms with Crippen LogP contribution in [-0.4, -0.2) is 16.0 Å². The van der Waals surface area contributed by atoms with Crippen LogP contribution in [-0.2, 0) is 0 Å². The number of amides is 2. The Balaban J connectivity index is 1.72. The lowest BCUT2D eigenvalue weighted by Gasteiger charge is -2.09. The summed E-state index contributed by atoms with van der Waals surface area (Å²) in [6.45, 7) is 0. The average molecular weight is 451 g/mol. The fraction of sp³-hybridized carbons (Fsp3) is 0. The second-order valence-corrected chi connectivity index (χ2v) is 6.83. The molecule has 0 bridgehead atoms. The molecule has 2 aromatic carbocycles. The Labute approximate surface area is 155 Å². The lowest BCUT2D eigenvalue weighted by Crippen LogP contribution is -2.19. The van der Waals surface area contributed by atoms with E-state index in [4.69, 9.17) is 5.73 Å². The molecule has 1 aromatic heterocycles. The number of nitrogens with zero attached hydrogens (tertiary/aromatic N) is 1. The Hall–Kier alpha value is -2.32. The van der Waals surface area contributed by atoms with E-state index in [2.05, 4.69) is 52.5 Å². The van der Waals surface area contributed by atoms with Gasteiger partial charge >= 0.3 is 6.03 Å². The molecule has 0 spiro atoms. The number of halogens is 2. The Kier molecular flexibility index (Phi) is 4.86. The van der Waals surface area contributed by atoms with Gasteiger partial charge in [0.05, 0.1) is 11.9 Å². The van der Waals surface area contributed by atoms with Crippen LogP contribution in [0.2, 0.25) is 0 Å². The summed E-state index contributed by atoms with van der Waals surface area (Å²) in [5.74, 6) is 0.348. The molecule has 122 valence electrons. The number of hydrogen-bond acceptors (Lipinski definition) is 3. The first-order chi connectivity index (χ1) is 11.5. The van der Waals surface area contributed by atoms with E-state index < -0.39 is 0 Å². The van der Waals surface area contributed by atoms with Crippen LogP contribution in [0.15, 0.2) is 57.6 Å². The first-order valence-corrected chi connectivity index (χ1v) is 8.53. The van der Waals surface area contributed by atoms with Crippen LogP contribution in [0.1, 0.15) is 0 Å². The molecule has 0 atom stereocenters. The topological polar surface area (TPSA) is 95.8 Å². The molecular formula is C16H13Br2N5O. The van der Waals surface area contributed by atoms with Gasteiger partial charge < -0.3 is 21.4 Å². The Morgan fingerprint density at radius 2 is 1.75 bits per heavy atom. The lowest BCUT2D eigenvalue weighted by atomic mass is 10.1. The van der Waals surface area contributed by atoms with Crippen molar-refractivity contribution in [3.8, 4) is 11.3 Å². The number of rotatable bonds is 3. The van der Waals surface area contributed by atoms with E-state index >= 15 is 0 Å². The first kappa shape index (κ1) is 16.5. The maximum absolute atomic E-state index is 12.2. The van der Waals surface area contributed by atoms with Gasteiger partial charge in [-0.2, -0.15) is 0 Å². The van der Waals surface area contributed by atoms with E-state index in [0.29, 0.717) is 17.3 Å². The van der Waals surface area contributed by atoms with E-state index in [-0.39, 0.29) is 6.03 Å². The van der Waals surface area contributed by atoms with Gasteiger partial charge in [-0.15, -0.1) is 0 Å². The van der Waals surface area contributed by atoms with Crippen LogP contribution in [0.3, 0.4) is 0 Å². The number of nitrogens with two attached hydrogens (primary N) is 1. The molecule has 3 aromatic rings. The minimum absolute atomic E-state index is 0.332. The van der Waals surface area contributed by atoms with E-state index in [1.54, 1.807) is 12.3 Å². The van der Waals surface area contributed by atoms with E-state index in [1.165, 1.54) is 0 Å². The molecule has 2 amide bonds. The number of nitrogen functional groups attached to an aromatic ring is 1. The number of hydrogen-bond donors (Lipinski definition) is 4. The van der Waals surface area contributed by atoms with Gasteiger partial charge in [0.1, 0.15) is 0 Å². The monoisotopic (exact) mass is 449 g/mol. The number of imidazole rings is 1. The number of carbonyl (C=O) groups excluding carboxylic acids is 1. The summed E-state index contributed by atoms with van der Waals surface area (Å²) in [5, 5.41) is 5.59. The molecule has 0 aliphatic rings. The zero-order chi connectivity index (χ0) is 17.1. The fourth-order valence-corrected chi connectivity index (χ4v) is 3.46. The largest absolute Gasteiger partial charge is 0.369 e. The van der Waals surface area contributed by atoms with Crippen molar-refractivity contribution in [3.05, 3.63) is 57.6 Å². The lowest BCUT2D eigenvalue weighted by molar-refractivity contribution is 0.262. The fourth-order valence-electron chi connectivity index (χ4n) is 2.17. The number of benzene rings is 2. The number of anilines is 3. The van der Waals surface area contributed by atoms with Gasteiger partial charge in [0.2, 0.25) is 0 Å². The molecule has 0 aliphatic carbocycles. The third kappa shape index (κ3) is 4.15. The summed E-state index contributed by atoms with van der Waals surface area (Å²) >= 11 is 6.77. The highest BCUT2D eigenvalue weighted by Gasteiger charge is 2.07. The third-order valence-corrected chi connectivity index (χ3v) is 4.06. The quantitative estimate of drug-likeness (QED) is 0.460. The van der Waals surface area contributed by atoms with Crippen LogP contribution >= 0.6 is 31.9 Å². The Morgan fingerprint density at radius 1 is 1.04 bits per heavy atom. The van der Waals surface area contributed by atoms with Crippen LogP contribution in [0.4, 0.5) is 22.1 Å². The van der Waals surface area contributed by atoms with Crippen molar-refractivity contribution in [2.45, 2.75) is 0 Å². The van der Waals surface area contributed by atoms with E-state index in [1.807, 2.05) is 36.4 Å². The van der Waals surface area contributed by atoms with Crippen LogP contribution in [0.5, 0.6) is 0 Å². The highest BCUT2D eigenvalue weighted by atomic mass is 79.9. The smallest absolute Gasteiger partial charge is 0.323 e. The minimum atomic E-state index is -0.332. The summed E-state index contributed by atoms with van der Waals surface area (Å²) in [6.07, 6.45) is 1.65. The predicted octanol–water partition coefficient (Wildman–Crippen LogP) is 4.83. The van der Waals surface area contributed by atoms with Crippen LogP contribution < -0.4 is 16.4 Å². The highest BCUT2D eigenvalue weighted by molar-refractivity contribution is 9.11. The van der Waals surface area contributed by atoms with Gasteiger partial charge in [-0.05, 0) is 30.3 Å². The molecule has 1 heterocycles. The summed E-state index contributed by atoms with van der Waals surface area (Å²) in [5.41, 5.74) is 8.58. The molecule has 0 aliphatic heterocycles. The molecule has 8 heteroatoms. The number of nitrogens with one attached hydrogen (secondary N) is 3. The van der Waals surface area contributed by atoms with Crippen molar-refractivity contribution >= 4 is 55.2 Å². The van der Waals surface area contributed by atoms with Crippen molar-refractivity contribution < 1.29 is 4.79 Å². The van der Waals surface area contributed by atoms with Gasteiger partial charge in [0.25, 0.3) is 0 Å². The standard InChI is InChI=1S/C16H13Br2N5O/c17-10-5-11(18)7-13(6-10)22-16(24)21-12-3-1-2-9(4-12)14-8-20-15(19)23-14/h1-8H,(H3,19,20,23)(H2,21,22,24). The van der Waals surface area contributed by atoms with Crippen molar-refractivity contribution in [1.82, 2.24) is 9.97 Å². The molecular weight excluding hydrogens is 438 g/mol. The molecule has 5 N–H and O–H groups in total. The molecule has 0 unspecified atom stereocenters. The number of aromatic nitrogens is 2. The first-order valence-electron chi connectivity index (χ1n) is 6.94. The molecule has 24 heavy (non-hydrogen) atoms. The van der Waals surface area contributed by atoms with Crippen molar-refractivity contribution in [1.29, 1.82) is 0 Å². The summed E-state index contributed by atoms with van der Waals surface area (Å²) in [7, 11) is 0. The summed E-state index contributed by atoms with van der Waals surface area (Å²) in [4.78, 5) is 19.1. The van der Waals surface area contributed by atoms with Crippen LogP contribution in [0.25, 0.3) is 11.3 Å². The molecule has 6 nitrogen and oxygen atoms in total. The van der Waals surface area contributed by atoms with Gasteiger partial charge in [-0.3, -0.25) is 0 Å². The number of aromatic amines is 1. The summed E-state index contributed by atoms with van der Waals surface area (Å²) in [6, 6.07) is 12.6. The second-order valence-electron chi connectivity index (χ2n) is 5.00. The van der Waals surface area contributed by atoms with Gasteiger partial charge in [0, 0.05) is 25.9 Å². The minimum Gasteiger partial charge on any atom is -0.369 e. The Bertz CT molecular complexity index is 873. The van der Waals surface area contributed by atoms with Gasteiger partial charge in [0.15, 0.2) is 5.95 Å². The van der Waals surface area contributed by atoms with Crippen molar-refractivity contribution in [2.24, 2.45) is 0 Å². The normalized spacial score (nSPS) is 10.4. The molecule has 0 radical (unpaired) electrons. The second kappa shape index (κ2) is 7.06. The number of carbonyl (C=O) groups is 1. The third-order valence-electron chi connectivity index (χ3n) is 3.15. The molecule has 3 rings (SSSR count).